The van der Waals surface area contributed by atoms with Gasteiger partial charge in [0.05, 0.1) is 6.10 Å². The molecule has 1 N–H and O–H groups in total. The number of amides is 2. The van der Waals surface area contributed by atoms with Gasteiger partial charge >= 0.3 is 0 Å². The van der Waals surface area contributed by atoms with Crippen molar-refractivity contribution >= 4 is 11.8 Å². The molecule has 1 aliphatic heterocycles. The molecule has 4 heteroatoms. The van der Waals surface area contributed by atoms with E-state index in [4.69, 9.17) is 0 Å². The van der Waals surface area contributed by atoms with Crippen molar-refractivity contribution < 1.29 is 14.7 Å². The Kier molecular flexibility index (Phi) is 2.93. The Morgan fingerprint density at radius 3 is 2.28 bits per heavy atom. The van der Waals surface area contributed by atoms with E-state index >= 15 is 0 Å². The van der Waals surface area contributed by atoms with Crippen LogP contribution in [0.1, 0.15) is 57.8 Å². The predicted molar refractivity (Wildman–Crippen MR) is 65.6 cm³/mol. The van der Waals surface area contributed by atoms with E-state index in [2.05, 4.69) is 0 Å². The summed E-state index contributed by atoms with van der Waals surface area (Å²) in [5.74, 6) is -0.0456. The van der Waals surface area contributed by atoms with Crippen LogP contribution in [0.3, 0.4) is 0 Å². The molecule has 0 aromatic heterocycles. The zero-order valence-corrected chi connectivity index (χ0v) is 10.7. The first-order chi connectivity index (χ1) is 8.62. The van der Waals surface area contributed by atoms with Crippen LogP contribution in [0.5, 0.6) is 0 Å². The zero-order chi connectivity index (χ0) is 12.8. The molecule has 100 valence electrons. The van der Waals surface area contributed by atoms with Crippen molar-refractivity contribution in [1.29, 1.82) is 0 Å². The molecule has 18 heavy (non-hydrogen) atoms. The largest absolute Gasteiger partial charge is 0.393 e. The molecule has 1 spiro atoms. The van der Waals surface area contributed by atoms with Crippen LogP contribution in [0, 0.1) is 5.41 Å². The third kappa shape index (κ3) is 1.78. The molecule has 3 rings (SSSR count). The Bertz CT molecular complexity index is 357. The first kappa shape index (κ1) is 12.2. The Morgan fingerprint density at radius 2 is 1.67 bits per heavy atom. The topological polar surface area (TPSA) is 57.6 Å². The third-order valence-electron chi connectivity index (χ3n) is 5.18. The van der Waals surface area contributed by atoms with Crippen molar-refractivity contribution in [3.05, 3.63) is 0 Å². The van der Waals surface area contributed by atoms with Gasteiger partial charge in [0, 0.05) is 18.9 Å². The van der Waals surface area contributed by atoms with E-state index in [1.165, 1.54) is 17.7 Å². The standard InChI is InChI=1S/C14H21NO3/c16-10-5-8-14(6-1-2-7-14)11(9-10)15-12(17)3-4-13(15)18/h10-11,16H,1-9H2. The molecular weight excluding hydrogens is 230 g/mol. The number of aliphatic hydroxyl groups is 1. The van der Waals surface area contributed by atoms with Crippen LogP contribution in [0.15, 0.2) is 0 Å². The summed E-state index contributed by atoms with van der Waals surface area (Å²) in [6.07, 6.45) is 7.39. The number of hydrogen-bond acceptors (Lipinski definition) is 3. The number of hydrogen-bond donors (Lipinski definition) is 1. The highest BCUT2D eigenvalue weighted by atomic mass is 16.3. The normalized spacial score (nSPS) is 35.7. The van der Waals surface area contributed by atoms with E-state index in [-0.39, 0.29) is 29.4 Å². The van der Waals surface area contributed by atoms with Gasteiger partial charge in [0.25, 0.3) is 0 Å². The van der Waals surface area contributed by atoms with Crippen molar-refractivity contribution in [2.24, 2.45) is 5.41 Å². The Labute approximate surface area is 107 Å². The molecule has 2 unspecified atom stereocenters. The van der Waals surface area contributed by atoms with Gasteiger partial charge in [0.15, 0.2) is 0 Å². The molecule has 1 heterocycles. The number of likely N-dealkylation sites (tertiary alicyclic amines) is 1. The van der Waals surface area contributed by atoms with Gasteiger partial charge in [-0.1, -0.05) is 12.8 Å². The minimum absolute atomic E-state index is 0.0228. The predicted octanol–water partition coefficient (Wildman–Crippen LogP) is 1.61. The Hall–Kier alpha value is -0.900. The van der Waals surface area contributed by atoms with Crippen molar-refractivity contribution in [2.75, 3.05) is 0 Å². The number of rotatable bonds is 1. The molecule has 0 radical (unpaired) electrons. The maximum Gasteiger partial charge on any atom is 0.229 e. The lowest BCUT2D eigenvalue weighted by Gasteiger charge is -2.46. The van der Waals surface area contributed by atoms with E-state index in [9.17, 15) is 14.7 Å². The average Bonchev–Trinajstić information content (AvgIpc) is 2.93. The maximum absolute atomic E-state index is 12.0. The number of carbonyl (C=O) groups is 2. The summed E-state index contributed by atoms with van der Waals surface area (Å²) >= 11 is 0. The van der Waals surface area contributed by atoms with Crippen molar-refractivity contribution in [1.82, 2.24) is 4.90 Å². The van der Waals surface area contributed by atoms with E-state index in [0.717, 1.165) is 25.7 Å². The quantitative estimate of drug-likeness (QED) is 0.720. The molecule has 3 aliphatic rings. The SMILES string of the molecule is O=C1CCC(=O)N1C1CC(O)CCC12CCCC2. The summed E-state index contributed by atoms with van der Waals surface area (Å²) in [6.45, 7) is 0. The van der Waals surface area contributed by atoms with Crippen molar-refractivity contribution in [2.45, 2.75) is 69.9 Å². The summed E-state index contributed by atoms with van der Waals surface area (Å²) in [7, 11) is 0. The molecule has 2 amide bonds. The van der Waals surface area contributed by atoms with Gasteiger partial charge in [0.2, 0.25) is 11.8 Å². The van der Waals surface area contributed by atoms with Crippen molar-refractivity contribution in [3.8, 4) is 0 Å². The summed E-state index contributed by atoms with van der Waals surface area (Å²) < 4.78 is 0. The molecule has 0 bridgehead atoms. The summed E-state index contributed by atoms with van der Waals surface area (Å²) in [5.41, 5.74) is 0.120. The van der Waals surface area contributed by atoms with Crippen LogP contribution in [-0.4, -0.2) is 34.0 Å². The second-order valence-corrected chi connectivity index (χ2v) is 6.17. The number of nitrogens with zero attached hydrogens (tertiary/aromatic N) is 1. The smallest absolute Gasteiger partial charge is 0.229 e. The first-order valence-electron chi connectivity index (χ1n) is 7.15. The lowest BCUT2D eigenvalue weighted by atomic mass is 9.67. The molecule has 4 nitrogen and oxygen atoms in total. The van der Waals surface area contributed by atoms with Crippen LogP contribution >= 0.6 is 0 Å². The number of aliphatic hydroxyl groups excluding tert-OH is 1. The third-order valence-corrected chi connectivity index (χ3v) is 5.18. The molecule has 2 atom stereocenters. The average molecular weight is 251 g/mol. The molecular formula is C14H21NO3. The van der Waals surface area contributed by atoms with Gasteiger partial charge in [-0.25, -0.2) is 0 Å². The fourth-order valence-electron chi connectivity index (χ4n) is 4.23. The fraction of sp³-hybridized carbons (Fsp3) is 0.857. The zero-order valence-electron chi connectivity index (χ0n) is 10.7. The van der Waals surface area contributed by atoms with Crippen LogP contribution in [-0.2, 0) is 9.59 Å². The summed E-state index contributed by atoms with van der Waals surface area (Å²) in [6, 6.07) is -0.0359. The lowest BCUT2D eigenvalue weighted by molar-refractivity contribution is -0.147. The monoisotopic (exact) mass is 251 g/mol. The molecule has 1 saturated heterocycles. The van der Waals surface area contributed by atoms with Gasteiger partial charge in [-0.3, -0.25) is 14.5 Å². The molecule has 2 aliphatic carbocycles. The molecule has 0 aromatic carbocycles. The maximum atomic E-state index is 12.0. The van der Waals surface area contributed by atoms with Gasteiger partial charge in [-0.05, 0) is 37.5 Å². The van der Waals surface area contributed by atoms with E-state index in [1.807, 2.05) is 0 Å². The molecule has 0 aromatic rings. The van der Waals surface area contributed by atoms with Crippen molar-refractivity contribution in [3.63, 3.8) is 0 Å². The highest BCUT2D eigenvalue weighted by molar-refractivity contribution is 6.02. The van der Waals surface area contributed by atoms with E-state index in [0.29, 0.717) is 19.3 Å². The van der Waals surface area contributed by atoms with Gasteiger partial charge in [-0.2, -0.15) is 0 Å². The number of carbonyl (C=O) groups excluding carboxylic acids is 2. The number of imide groups is 1. The van der Waals surface area contributed by atoms with E-state index in [1.54, 1.807) is 0 Å². The molecule has 3 fully saturated rings. The first-order valence-corrected chi connectivity index (χ1v) is 7.15. The minimum atomic E-state index is -0.345. The fourth-order valence-corrected chi connectivity index (χ4v) is 4.23. The van der Waals surface area contributed by atoms with Crippen LogP contribution in [0.25, 0.3) is 0 Å². The van der Waals surface area contributed by atoms with Gasteiger partial charge in [0.1, 0.15) is 0 Å². The second-order valence-electron chi connectivity index (χ2n) is 6.17. The van der Waals surface area contributed by atoms with Gasteiger partial charge in [-0.15, -0.1) is 0 Å². The van der Waals surface area contributed by atoms with Crippen LogP contribution < -0.4 is 0 Å². The highest BCUT2D eigenvalue weighted by Crippen LogP contribution is 2.51. The Morgan fingerprint density at radius 1 is 1.06 bits per heavy atom. The lowest BCUT2D eigenvalue weighted by Crippen LogP contribution is -2.53. The molecule has 2 saturated carbocycles. The second kappa shape index (κ2) is 4.34. The van der Waals surface area contributed by atoms with Gasteiger partial charge < -0.3 is 5.11 Å². The van der Waals surface area contributed by atoms with E-state index < -0.39 is 0 Å². The summed E-state index contributed by atoms with van der Waals surface area (Å²) in [5, 5.41) is 9.91. The summed E-state index contributed by atoms with van der Waals surface area (Å²) in [4.78, 5) is 25.4. The minimum Gasteiger partial charge on any atom is -0.393 e. The van der Waals surface area contributed by atoms with Crippen LogP contribution in [0.4, 0.5) is 0 Å². The van der Waals surface area contributed by atoms with Crippen LogP contribution in [0.2, 0.25) is 0 Å². The highest BCUT2D eigenvalue weighted by Gasteiger charge is 2.51. The Balaban J connectivity index is 1.90.